The van der Waals surface area contributed by atoms with Crippen LogP contribution in [0.2, 0.25) is 0 Å². The van der Waals surface area contributed by atoms with E-state index in [9.17, 15) is 9.59 Å². The fourth-order valence-electron chi connectivity index (χ4n) is 6.09. The number of carbonyl (C=O) groups is 2. The number of fused-ring (bicyclic) bond motifs is 1. The van der Waals surface area contributed by atoms with Gasteiger partial charge in [-0.25, -0.2) is 4.98 Å². The molecule has 0 saturated carbocycles. The summed E-state index contributed by atoms with van der Waals surface area (Å²) in [5.74, 6) is 0.738. The Balaban J connectivity index is 1.13. The van der Waals surface area contributed by atoms with Crippen molar-refractivity contribution in [1.29, 1.82) is 0 Å². The molecule has 0 radical (unpaired) electrons. The fourth-order valence-corrected chi connectivity index (χ4v) is 6.09. The number of carbonyl (C=O) groups excluding carboxylic acids is 1. The molecule has 53 heavy (non-hydrogen) atoms. The van der Waals surface area contributed by atoms with E-state index in [1.807, 2.05) is 24.3 Å². The third-order valence-corrected chi connectivity index (χ3v) is 8.97. The van der Waals surface area contributed by atoms with Crippen LogP contribution >= 0.6 is 0 Å². The Hall–Kier alpha value is -4.07. The first-order chi connectivity index (χ1) is 25.9. The summed E-state index contributed by atoms with van der Waals surface area (Å²) in [5, 5.41) is 12.0. The summed E-state index contributed by atoms with van der Waals surface area (Å²) in [6.45, 7) is 6.28. The number of nitrogens with zero attached hydrogens (tertiary/aromatic N) is 2. The van der Waals surface area contributed by atoms with E-state index in [1.54, 1.807) is 0 Å². The third kappa shape index (κ3) is 16.2. The SMILES string of the molecule is COC(=O)C[C@H](CN(C)CCCCc1ccc2c(n1)NCCC2)c1cccc(-c2ccc(OCCOCCOCCOCCOCCC(=O)O)cc2)c1. The quantitative estimate of drug-likeness (QED) is 0.0742. The number of likely N-dealkylation sites (N-methyl/N-ethyl adjacent to an activating group) is 1. The molecule has 2 aromatic carbocycles. The minimum atomic E-state index is -0.876. The van der Waals surface area contributed by atoms with Crippen LogP contribution in [-0.4, -0.2) is 120 Å². The number of rotatable bonds is 27. The van der Waals surface area contributed by atoms with Gasteiger partial charge in [0.05, 0.1) is 72.8 Å². The van der Waals surface area contributed by atoms with Crippen molar-refractivity contribution in [3.05, 3.63) is 77.5 Å². The predicted octanol–water partition coefficient (Wildman–Crippen LogP) is 5.63. The van der Waals surface area contributed by atoms with Crippen molar-refractivity contribution in [2.24, 2.45) is 0 Å². The first kappa shape index (κ1) is 41.7. The highest BCUT2D eigenvalue weighted by atomic mass is 16.6. The Morgan fingerprint density at radius 2 is 1.55 bits per heavy atom. The van der Waals surface area contributed by atoms with Gasteiger partial charge in [-0.1, -0.05) is 42.5 Å². The van der Waals surface area contributed by atoms with E-state index in [0.29, 0.717) is 59.3 Å². The van der Waals surface area contributed by atoms with Crippen molar-refractivity contribution in [3.63, 3.8) is 0 Å². The molecule has 1 aromatic heterocycles. The van der Waals surface area contributed by atoms with Gasteiger partial charge in [-0.3, -0.25) is 9.59 Å². The standard InChI is InChI=1S/C41H57N3O9/c1-44(19-4-3-10-37-14-11-33-9-6-18-42-41(33)43-37)31-36(30-40(47)48-2)35-8-5-7-34(29-35)32-12-15-38(16-13-32)53-28-27-52-26-25-51-24-23-50-22-21-49-20-17-39(45)46/h5,7-8,11-16,29,36H,3-4,6,9-10,17-28,30-31H2,1-2H3,(H,42,43)(H,45,46)/t36-/m1/s1. The maximum Gasteiger partial charge on any atom is 0.306 e. The third-order valence-electron chi connectivity index (χ3n) is 8.97. The molecule has 0 fully saturated rings. The van der Waals surface area contributed by atoms with Gasteiger partial charge in [0.2, 0.25) is 0 Å². The van der Waals surface area contributed by atoms with Crippen LogP contribution in [0, 0.1) is 0 Å². The number of nitrogens with one attached hydrogen (secondary N) is 1. The van der Waals surface area contributed by atoms with Crippen LogP contribution in [-0.2, 0) is 46.1 Å². The van der Waals surface area contributed by atoms with E-state index in [4.69, 9.17) is 38.5 Å². The van der Waals surface area contributed by atoms with Crippen molar-refractivity contribution in [1.82, 2.24) is 9.88 Å². The molecule has 1 aliphatic rings. The molecule has 1 atom stereocenters. The number of aryl methyl sites for hydroxylation is 2. The highest BCUT2D eigenvalue weighted by molar-refractivity contribution is 5.71. The highest BCUT2D eigenvalue weighted by Crippen LogP contribution is 2.28. The van der Waals surface area contributed by atoms with E-state index in [0.717, 1.165) is 79.3 Å². The molecule has 0 bridgehead atoms. The molecule has 2 heterocycles. The molecule has 4 rings (SSSR count). The smallest absolute Gasteiger partial charge is 0.306 e. The largest absolute Gasteiger partial charge is 0.491 e. The van der Waals surface area contributed by atoms with Crippen LogP contribution < -0.4 is 10.1 Å². The average Bonchev–Trinajstić information content (AvgIpc) is 3.17. The van der Waals surface area contributed by atoms with E-state index in [-0.39, 0.29) is 24.9 Å². The predicted molar refractivity (Wildman–Crippen MR) is 204 cm³/mol. The molecule has 1 aliphatic heterocycles. The number of methoxy groups -OCH3 is 1. The number of aromatic nitrogens is 1. The molecule has 12 heteroatoms. The summed E-state index contributed by atoms with van der Waals surface area (Å²) in [6.07, 6.45) is 5.65. The number of hydrogen-bond acceptors (Lipinski definition) is 11. The Kier molecular flexibility index (Phi) is 19.1. The molecule has 0 amide bonds. The number of carboxylic acid groups (broad SMARTS) is 1. The molecular weight excluding hydrogens is 678 g/mol. The molecule has 12 nitrogen and oxygen atoms in total. The van der Waals surface area contributed by atoms with Gasteiger partial charge in [-0.15, -0.1) is 0 Å². The summed E-state index contributed by atoms with van der Waals surface area (Å²) in [7, 11) is 3.57. The zero-order valence-electron chi connectivity index (χ0n) is 31.4. The minimum Gasteiger partial charge on any atom is -0.491 e. The number of benzene rings is 2. The Morgan fingerprint density at radius 3 is 2.25 bits per heavy atom. The number of ether oxygens (including phenoxy) is 6. The lowest BCUT2D eigenvalue weighted by Crippen LogP contribution is -2.27. The Bertz CT molecular complexity index is 1500. The molecule has 290 valence electrons. The normalized spacial score (nSPS) is 13.0. The number of unbranched alkanes of at least 4 members (excludes halogenated alkanes) is 1. The van der Waals surface area contributed by atoms with Gasteiger partial charge in [0, 0.05) is 24.7 Å². The number of anilines is 1. The average molecular weight is 736 g/mol. The molecule has 2 N–H and O–H groups in total. The minimum absolute atomic E-state index is 0.00492. The highest BCUT2D eigenvalue weighted by Gasteiger charge is 2.19. The Labute approximate surface area is 314 Å². The van der Waals surface area contributed by atoms with Gasteiger partial charge in [0.25, 0.3) is 0 Å². The van der Waals surface area contributed by atoms with E-state index < -0.39 is 5.97 Å². The number of pyridine rings is 1. The molecule has 0 saturated heterocycles. The molecule has 0 unspecified atom stereocenters. The molecular formula is C41H57N3O9. The number of aliphatic carboxylic acids is 1. The first-order valence-electron chi connectivity index (χ1n) is 18.7. The van der Waals surface area contributed by atoms with E-state index in [1.165, 1.54) is 19.1 Å². The summed E-state index contributed by atoms with van der Waals surface area (Å²) in [6, 6.07) is 20.8. The van der Waals surface area contributed by atoms with E-state index in [2.05, 4.69) is 53.7 Å². The molecule has 0 aliphatic carbocycles. The second kappa shape index (κ2) is 24.3. The van der Waals surface area contributed by atoms with Crippen LogP contribution in [0.1, 0.15) is 54.8 Å². The number of carboxylic acids is 1. The van der Waals surface area contributed by atoms with Gasteiger partial charge in [0.1, 0.15) is 18.2 Å². The summed E-state index contributed by atoms with van der Waals surface area (Å²) in [4.78, 5) is 30.0. The van der Waals surface area contributed by atoms with Gasteiger partial charge in [-0.2, -0.15) is 0 Å². The van der Waals surface area contributed by atoms with Crippen LogP contribution in [0.5, 0.6) is 5.75 Å². The number of hydrogen-bond donors (Lipinski definition) is 2. The lowest BCUT2D eigenvalue weighted by Gasteiger charge is -2.24. The topological polar surface area (TPSA) is 138 Å². The zero-order valence-corrected chi connectivity index (χ0v) is 31.4. The van der Waals surface area contributed by atoms with Gasteiger partial charge < -0.3 is 43.7 Å². The lowest BCUT2D eigenvalue weighted by atomic mass is 9.92. The first-order valence-corrected chi connectivity index (χ1v) is 18.7. The van der Waals surface area contributed by atoms with E-state index >= 15 is 0 Å². The lowest BCUT2D eigenvalue weighted by molar-refractivity contribution is -0.141. The van der Waals surface area contributed by atoms with Crippen LogP contribution in [0.25, 0.3) is 11.1 Å². The van der Waals surface area contributed by atoms with Crippen molar-refractivity contribution >= 4 is 17.8 Å². The second-order valence-electron chi connectivity index (χ2n) is 13.1. The molecule has 3 aromatic rings. The maximum absolute atomic E-state index is 12.4. The molecule has 0 spiro atoms. The van der Waals surface area contributed by atoms with Gasteiger partial charge >= 0.3 is 11.9 Å². The van der Waals surface area contributed by atoms with Crippen molar-refractivity contribution in [2.45, 2.75) is 50.9 Å². The summed E-state index contributed by atoms with van der Waals surface area (Å²) in [5.41, 5.74) is 5.72. The maximum atomic E-state index is 12.4. The van der Waals surface area contributed by atoms with Crippen LogP contribution in [0.4, 0.5) is 5.82 Å². The van der Waals surface area contributed by atoms with Crippen LogP contribution in [0.3, 0.4) is 0 Å². The van der Waals surface area contributed by atoms with Crippen LogP contribution in [0.15, 0.2) is 60.7 Å². The monoisotopic (exact) mass is 735 g/mol. The van der Waals surface area contributed by atoms with Gasteiger partial charge in [0.15, 0.2) is 0 Å². The fraction of sp³-hybridized carbons (Fsp3) is 0.537. The van der Waals surface area contributed by atoms with Crippen molar-refractivity contribution in [2.75, 3.05) is 98.6 Å². The zero-order chi connectivity index (χ0) is 37.5. The van der Waals surface area contributed by atoms with Crippen molar-refractivity contribution in [3.8, 4) is 16.9 Å². The Morgan fingerprint density at radius 1 is 0.849 bits per heavy atom. The summed E-state index contributed by atoms with van der Waals surface area (Å²) < 4.78 is 32.6. The number of esters is 1. The van der Waals surface area contributed by atoms with Crippen molar-refractivity contribution < 1.29 is 43.1 Å². The van der Waals surface area contributed by atoms with Gasteiger partial charge in [-0.05, 0) is 86.1 Å². The summed E-state index contributed by atoms with van der Waals surface area (Å²) >= 11 is 0. The second-order valence-corrected chi connectivity index (χ2v) is 13.1.